The van der Waals surface area contributed by atoms with Crippen molar-refractivity contribution in [1.29, 1.82) is 0 Å². The predicted molar refractivity (Wildman–Crippen MR) is 136 cm³/mol. The third-order valence-electron chi connectivity index (χ3n) is 8.71. The van der Waals surface area contributed by atoms with Gasteiger partial charge in [0.2, 0.25) is 5.91 Å². The molecule has 2 aromatic rings. The van der Waals surface area contributed by atoms with Crippen molar-refractivity contribution in [2.45, 2.75) is 65.1 Å². The van der Waals surface area contributed by atoms with Gasteiger partial charge in [-0.2, -0.15) is 0 Å². The first-order chi connectivity index (χ1) is 17.2. The van der Waals surface area contributed by atoms with E-state index < -0.39 is 6.10 Å². The summed E-state index contributed by atoms with van der Waals surface area (Å²) in [5.41, 5.74) is 1.42. The van der Waals surface area contributed by atoms with Crippen LogP contribution in [0.15, 0.2) is 43.0 Å². The number of carbonyl (C=O) groups is 2. The number of methoxy groups -OCH3 is 1. The fourth-order valence-electron chi connectivity index (χ4n) is 6.45. The van der Waals surface area contributed by atoms with E-state index in [2.05, 4.69) is 34.4 Å². The predicted octanol–water partition coefficient (Wildman–Crippen LogP) is 3.36. The minimum Gasteiger partial charge on any atom is -0.497 e. The van der Waals surface area contributed by atoms with Gasteiger partial charge in [-0.15, -0.1) is 0 Å². The summed E-state index contributed by atoms with van der Waals surface area (Å²) in [5, 5.41) is 17.8. The summed E-state index contributed by atoms with van der Waals surface area (Å²) in [6, 6.07) is 7.57. The molecule has 7 unspecified atom stereocenters. The summed E-state index contributed by atoms with van der Waals surface area (Å²) >= 11 is 0. The van der Waals surface area contributed by atoms with Crippen LogP contribution >= 0.6 is 0 Å². The van der Waals surface area contributed by atoms with E-state index in [4.69, 9.17) is 4.74 Å². The quantitative estimate of drug-likeness (QED) is 0.544. The lowest BCUT2D eigenvalue weighted by Crippen LogP contribution is -2.58. The van der Waals surface area contributed by atoms with Crippen molar-refractivity contribution < 1.29 is 19.4 Å². The van der Waals surface area contributed by atoms with Gasteiger partial charge in [0.25, 0.3) is 5.91 Å². The topological polar surface area (TPSA) is 113 Å². The lowest BCUT2D eigenvalue weighted by Gasteiger charge is -2.56. The Kier molecular flexibility index (Phi) is 7.93. The molecule has 0 bridgehead atoms. The highest BCUT2D eigenvalue weighted by molar-refractivity contribution is 5.93. The van der Waals surface area contributed by atoms with Gasteiger partial charge in [-0.1, -0.05) is 32.9 Å². The minimum atomic E-state index is -0.611. The van der Waals surface area contributed by atoms with E-state index in [-0.39, 0.29) is 46.9 Å². The highest BCUT2D eigenvalue weighted by Gasteiger charge is 2.53. The number of hydrogen-bond acceptors (Lipinski definition) is 6. The Morgan fingerprint density at radius 1 is 1.17 bits per heavy atom. The summed E-state index contributed by atoms with van der Waals surface area (Å²) in [7, 11) is 1.63. The molecular formula is C28H38N4O4. The molecule has 2 saturated carbocycles. The fraction of sp³-hybridized carbons (Fsp3) is 0.571. The van der Waals surface area contributed by atoms with Crippen LogP contribution in [0, 0.1) is 29.1 Å². The largest absolute Gasteiger partial charge is 0.497 e. The Hall–Kier alpha value is -3.00. The number of aromatic nitrogens is 2. The molecule has 3 N–H and O–H groups in total. The highest BCUT2D eigenvalue weighted by atomic mass is 16.5. The van der Waals surface area contributed by atoms with Gasteiger partial charge < -0.3 is 20.5 Å². The van der Waals surface area contributed by atoms with Crippen molar-refractivity contribution >= 4 is 11.8 Å². The number of nitrogens with one attached hydrogen (secondary N) is 2. The van der Waals surface area contributed by atoms with Gasteiger partial charge in [0.1, 0.15) is 12.1 Å². The molecule has 2 aliphatic carbocycles. The number of fused-ring (bicyclic) bond motifs is 1. The van der Waals surface area contributed by atoms with E-state index in [1.807, 2.05) is 31.2 Å². The van der Waals surface area contributed by atoms with Crippen molar-refractivity contribution in [2.75, 3.05) is 7.11 Å². The van der Waals surface area contributed by atoms with Crippen LogP contribution in [-0.2, 0) is 11.3 Å². The third-order valence-corrected chi connectivity index (χ3v) is 8.71. The van der Waals surface area contributed by atoms with Crippen molar-refractivity contribution in [3.8, 4) is 5.75 Å². The van der Waals surface area contributed by atoms with E-state index >= 15 is 0 Å². The van der Waals surface area contributed by atoms with Gasteiger partial charge in [0, 0.05) is 30.9 Å². The second-order valence-corrected chi connectivity index (χ2v) is 10.8. The maximum absolute atomic E-state index is 13.1. The molecule has 0 aliphatic heterocycles. The summed E-state index contributed by atoms with van der Waals surface area (Å²) < 4.78 is 5.19. The van der Waals surface area contributed by atoms with Crippen molar-refractivity contribution in [2.24, 2.45) is 29.1 Å². The Morgan fingerprint density at radius 2 is 1.83 bits per heavy atom. The van der Waals surface area contributed by atoms with E-state index in [1.165, 1.54) is 18.7 Å². The molecule has 1 aromatic carbocycles. The fourth-order valence-corrected chi connectivity index (χ4v) is 6.45. The molecule has 36 heavy (non-hydrogen) atoms. The Bertz CT molecular complexity index is 1050. The van der Waals surface area contributed by atoms with Crippen LogP contribution in [0.2, 0.25) is 0 Å². The van der Waals surface area contributed by atoms with E-state index in [1.54, 1.807) is 7.11 Å². The SMILES string of the molecule is COc1ccc(CNC(=O)C(C)C2CCC3(C)CCC(NC(=O)c4cncnc4)C(C)C3C2O)cc1. The molecule has 8 nitrogen and oxygen atoms in total. The number of ether oxygens (including phenoxy) is 1. The number of hydrogen-bond donors (Lipinski definition) is 3. The van der Waals surface area contributed by atoms with Gasteiger partial charge >= 0.3 is 0 Å². The summed E-state index contributed by atoms with van der Waals surface area (Å²) in [6.07, 6.45) is 7.39. The average Bonchev–Trinajstić information content (AvgIpc) is 2.89. The summed E-state index contributed by atoms with van der Waals surface area (Å²) in [5.74, 6) is 0.175. The van der Waals surface area contributed by atoms with Gasteiger partial charge in [0.05, 0.1) is 18.8 Å². The summed E-state index contributed by atoms with van der Waals surface area (Å²) in [6.45, 7) is 6.73. The first-order valence-corrected chi connectivity index (χ1v) is 12.9. The average molecular weight is 495 g/mol. The van der Waals surface area contributed by atoms with Gasteiger partial charge in [0.15, 0.2) is 0 Å². The van der Waals surface area contributed by atoms with Crippen LogP contribution in [0.4, 0.5) is 0 Å². The summed E-state index contributed by atoms with van der Waals surface area (Å²) in [4.78, 5) is 33.7. The standard InChI is InChI=1S/C28H38N4O4/c1-17(26(34)31-13-19-5-7-21(36-4)8-6-19)22-9-11-28(3)12-10-23(18(2)24(28)25(22)33)32-27(35)20-14-29-16-30-15-20/h5-8,14-18,22-25,33H,9-13H2,1-4H3,(H,31,34)(H,32,35). The lowest BCUT2D eigenvalue weighted by atomic mass is 9.51. The lowest BCUT2D eigenvalue weighted by molar-refractivity contribution is -0.142. The Morgan fingerprint density at radius 3 is 2.50 bits per heavy atom. The van der Waals surface area contributed by atoms with E-state index in [9.17, 15) is 14.7 Å². The molecule has 2 fully saturated rings. The number of aliphatic hydroxyl groups excluding tert-OH is 1. The van der Waals surface area contributed by atoms with Crippen LogP contribution in [0.25, 0.3) is 0 Å². The van der Waals surface area contributed by atoms with Gasteiger partial charge in [-0.25, -0.2) is 9.97 Å². The van der Waals surface area contributed by atoms with E-state index in [0.29, 0.717) is 12.1 Å². The zero-order chi connectivity index (χ0) is 25.9. The molecule has 0 saturated heterocycles. The normalized spacial score (nSPS) is 30.5. The van der Waals surface area contributed by atoms with Gasteiger partial charge in [-0.3, -0.25) is 9.59 Å². The number of carbonyl (C=O) groups excluding carboxylic acids is 2. The van der Waals surface area contributed by atoms with Crippen LogP contribution in [-0.4, -0.2) is 46.1 Å². The molecule has 1 heterocycles. The first kappa shape index (κ1) is 26.1. The zero-order valence-electron chi connectivity index (χ0n) is 21.6. The monoisotopic (exact) mass is 494 g/mol. The highest BCUT2D eigenvalue weighted by Crippen LogP contribution is 2.55. The molecule has 0 spiro atoms. The first-order valence-electron chi connectivity index (χ1n) is 12.9. The number of nitrogens with zero attached hydrogens (tertiary/aromatic N) is 2. The van der Waals surface area contributed by atoms with Gasteiger partial charge in [-0.05, 0) is 66.5 Å². The van der Waals surface area contributed by atoms with Crippen LogP contribution < -0.4 is 15.4 Å². The zero-order valence-corrected chi connectivity index (χ0v) is 21.6. The molecule has 7 atom stereocenters. The molecule has 4 rings (SSSR count). The minimum absolute atomic E-state index is 0.000776. The molecule has 194 valence electrons. The van der Waals surface area contributed by atoms with Crippen LogP contribution in [0.5, 0.6) is 5.75 Å². The second-order valence-electron chi connectivity index (χ2n) is 10.8. The molecular weight excluding hydrogens is 456 g/mol. The second kappa shape index (κ2) is 10.9. The van der Waals surface area contributed by atoms with Crippen LogP contribution in [0.3, 0.4) is 0 Å². The smallest absolute Gasteiger partial charge is 0.254 e. The van der Waals surface area contributed by atoms with Crippen molar-refractivity contribution in [3.63, 3.8) is 0 Å². The maximum Gasteiger partial charge on any atom is 0.254 e. The number of aliphatic hydroxyl groups is 1. The number of benzene rings is 1. The van der Waals surface area contributed by atoms with Crippen molar-refractivity contribution in [3.05, 3.63) is 54.1 Å². The third kappa shape index (κ3) is 5.38. The number of amides is 2. The molecule has 2 amide bonds. The Balaban J connectivity index is 1.40. The number of rotatable bonds is 7. The molecule has 0 radical (unpaired) electrons. The Labute approximate surface area is 213 Å². The molecule has 8 heteroatoms. The van der Waals surface area contributed by atoms with Crippen LogP contribution in [0.1, 0.15) is 62.4 Å². The van der Waals surface area contributed by atoms with E-state index in [0.717, 1.165) is 37.0 Å². The molecule has 1 aromatic heterocycles. The molecule has 2 aliphatic rings. The maximum atomic E-state index is 13.1. The van der Waals surface area contributed by atoms with Crippen molar-refractivity contribution in [1.82, 2.24) is 20.6 Å².